The third-order valence-corrected chi connectivity index (χ3v) is 5.28. The van der Waals surface area contributed by atoms with E-state index in [1.807, 2.05) is 91.9 Å². The van der Waals surface area contributed by atoms with Gasteiger partial charge < -0.3 is 0 Å². The van der Waals surface area contributed by atoms with Crippen molar-refractivity contribution in [2.75, 3.05) is 5.43 Å². The number of aryl methyl sites for hydroxylation is 1. The van der Waals surface area contributed by atoms with Crippen LogP contribution in [0.1, 0.15) is 23.6 Å². The van der Waals surface area contributed by atoms with Gasteiger partial charge in [0.05, 0.1) is 5.69 Å². The zero-order valence-electron chi connectivity index (χ0n) is 18.7. The minimum absolute atomic E-state index is 0.0118. The summed E-state index contributed by atoms with van der Waals surface area (Å²) in [5, 5.41) is 12.8. The van der Waals surface area contributed by atoms with Crippen molar-refractivity contribution in [3.8, 4) is 0 Å². The SMILES string of the molecule is CC1=N/C(=C/c2ccccc2)C(=O)N1C(=S)N=N/C(=N/Nc1ccccc1C)c1ccccc1. The van der Waals surface area contributed by atoms with Crippen LogP contribution in [0.25, 0.3) is 6.08 Å². The van der Waals surface area contributed by atoms with Crippen LogP contribution >= 0.6 is 12.2 Å². The Kier molecular flexibility index (Phi) is 7.10. The second-order valence-electron chi connectivity index (χ2n) is 7.45. The van der Waals surface area contributed by atoms with Crippen molar-refractivity contribution in [3.05, 3.63) is 107 Å². The molecular formula is C26H22N6OS. The summed E-state index contributed by atoms with van der Waals surface area (Å²) in [4.78, 5) is 18.6. The van der Waals surface area contributed by atoms with Gasteiger partial charge in [-0.3, -0.25) is 10.2 Å². The lowest BCUT2D eigenvalue weighted by molar-refractivity contribution is -0.120. The molecule has 1 aliphatic heterocycles. The molecule has 0 atom stereocenters. The van der Waals surface area contributed by atoms with Crippen molar-refractivity contribution < 1.29 is 4.79 Å². The maximum atomic E-state index is 12.9. The second-order valence-corrected chi connectivity index (χ2v) is 7.82. The Hall–Kier alpha value is -4.30. The average molecular weight is 467 g/mol. The lowest BCUT2D eigenvalue weighted by Gasteiger charge is -2.12. The topological polar surface area (TPSA) is 81.8 Å². The highest BCUT2D eigenvalue weighted by molar-refractivity contribution is 7.80. The zero-order valence-corrected chi connectivity index (χ0v) is 19.5. The molecule has 34 heavy (non-hydrogen) atoms. The maximum Gasteiger partial charge on any atom is 0.284 e. The lowest BCUT2D eigenvalue weighted by Crippen LogP contribution is -2.34. The summed E-state index contributed by atoms with van der Waals surface area (Å²) in [6.07, 6.45) is 1.72. The summed E-state index contributed by atoms with van der Waals surface area (Å²) >= 11 is 5.41. The number of nitrogens with one attached hydrogen (secondary N) is 1. The Labute approximate surface area is 203 Å². The Morgan fingerprint density at radius 1 is 0.912 bits per heavy atom. The highest BCUT2D eigenvalue weighted by atomic mass is 32.1. The number of hydrogen-bond acceptors (Lipinski definition) is 5. The number of thiocarbonyl (C=S) groups is 1. The van der Waals surface area contributed by atoms with Crippen LogP contribution < -0.4 is 5.43 Å². The van der Waals surface area contributed by atoms with E-state index in [1.165, 1.54) is 4.90 Å². The summed E-state index contributed by atoms with van der Waals surface area (Å²) in [6.45, 7) is 3.69. The molecule has 0 aliphatic carbocycles. The first-order chi connectivity index (χ1) is 16.5. The number of para-hydroxylation sites is 1. The number of carbonyl (C=O) groups excluding carboxylic acids is 1. The molecule has 0 spiro atoms. The van der Waals surface area contributed by atoms with Gasteiger partial charge in [0.1, 0.15) is 11.5 Å². The largest absolute Gasteiger partial charge is 0.284 e. The van der Waals surface area contributed by atoms with E-state index in [2.05, 4.69) is 25.7 Å². The van der Waals surface area contributed by atoms with Crippen molar-refractivity contribution in [1.29, 1.82) is 0 Å². The molecule has 1 amide bonds. The van der Waals surface area contributed by atoms with Crippen molar-refractivity contribution in [1.82, 2.24) is 4.90 Å². The molecule has 0 unspecified atom stereocenters. The van der Waals surface area contributed by atoms with Crippen molar-refractivity contribution >= 4 is 46.7 Å². The lowest BCUT2D eigenvalue weighted by atomic mass is 10.2. The molecule has 0 saturated heterocycles. The smallest absolute Gasteiger partial charge is 0.276 e. The second kappa shape index (κ2) is 10.5. The quantitative estimate of drug-likeness (QED) is 0.132. The number of carbonyl (C=O) groups is 1. The van der Waals surface area contributed by atoms with E-state index in [0.717, 1.165) is 22.4 Å². The number of azo groups is 1. The van der Waals surface area contributed by atoms with E-state index in [4.69, 9.17) is 12.2 Å². The Morgan fingerprint density at radius 2 is 1.56 bits per heavy atom. The number of benzene rings is 3. The molecule has 8 heteroatoms. The van der Waals surface area contributed by atoms with Crippen LogP contribution in [-0.2, 0) is 4.79 Å². The van der Waals surface area contributed by atoms with Crippen LogP contribution in [0.3, 0.4) is 0 Å². The highest BCUT2D eigenvalue weighted by Crippen LogP contribution is 2.20. The normalized spacial score (nSPS) is 15.2. The summed E-state index contributed by atoms with van der Waals surface area (Å²) in [5.41, 5.74) is 6.84. The number of nitrogens with zero attached hydrogens (tertiary/aromatic N) is 5. The van der Waals surface area contributed by atoms with Crippen LogP contribution in [0.2, 0.25) is 0 Å². The molecule has 0 fully saturated rings. The monoisotopic (exact) mass is 466 g/mol. The molecule has 1 heterocycles. The van der Waals surface area contributed by atoms with E-state index < -0.39 is 0 Å². The molecule has 1 aliphatic rings. The van der Waals surface area contributed by atoms with E-state index in [1.54, 1.807) is 13.0 Å². The summed E-state index contributed by atoms with van der Waals surface area (Å²) < 4.78 is 0. The number of hydrazone groups is 1. The van der Waals surface area contributed by atoms with Crippen LogP contribution in [-0.4, -0.2) is 27.6 Å². The van der Waals surface area contributed by atoms with Crippen molar-refractivity contribution in [2.45, 2.75) is 13.8 Å². The average Bonchev–Trinajstić information content (AvgIpc) is 3.13. The van der Waals surface area contributed by atoms with E-state index in [0.29, 0.717) is 17.4 Å². The molecule has 168 valence electrons. The molecule has 0 bridgehead atoms. The molecule has 3 aromatic carbocycles. The first-order valence-electron chi connectivity index (χ1n) is 10.6. The summed E-state index contributed by atoms with van der Waals surface area (Å²) in [7, 11) is 0. The fourth-order valence-corrected chi connectivity index (χ4v) is 3.49. The number of rotatable bonds is 4. The van der Waals surface area contributed by atoms with Gasteiger partial charge in [-0.25, -0.2) is 9.89 Å². The van der Waals surface area contributed by atoms with Gasteiger partial charge in [0.15, 0.2) is 0 Å². The Morgan fingerprint density at radius 3 is 2.26 bits per heavy atom. The zero-order chi connectivity index (χ0) is 23.9. The Balaban J connectivity index is 1.57. The number of amides is 1. The minimum atomic E-state index is -0.346. The summed E-state index contributed by atoms with van der Waals surface area (Å²) in [6, 6.07) is 26.7. The number of hydrogen-bond donors (Lipinski definition) is 1. The molecule has 3 aromatic rings. The first kappa shape index (κ1) is 22.9. The van der Waals surface area contributed by atoms with E-state index in [-0.39, 0.29) is 11.0 Å². The van der Waals surface area contributed by atoms with Gasteiger partial charge in [-0.05, 0) is 49.3 Å². The van der Waals surface area contributed by atoms with Gasteiger partial charge in [-0.2, -0.15) is 5.10 Å². The minimum Gasteiger partial charge on any atom is -0.276 e. The Bertz CT molecular complexity index is 1330. The van der Waals surface area contributed by atoms with Crippen LogP contribution in [0.5, 0.6) is 0 Å². The molecular weight excluding hydrogens is 444 g/mol. The maximum absolute atomic E-state index is 12.9. The molecule has 0 radical (unpaired) electrons. The van der Waals surface area contributed by atoms with Gasteiger partial charge in [0.25, 0.3) is 5.91 Å². The van der Waals surface area contributed by atoms with Gasteiger partial charge in [0.2, 0.25) is 10.9 Å². The van der Waals surface area contributed by atoms with E-state index >= 15 is 0 Å². The fraction of sp³-hybridized carbons (Fsp3) is 0.0769. The van der Waals surface area contributed by atoms with Crippen LogP contribution in [0.15, 0.2) is 111 Å². The van der Waals surface area contributed by atoms with Gasteiger partial charge >= 0.3 is 0 Å². The van der Waals surface area contributed by atoms with Crippen LogP contribution in [0, 0.1) is 6.92 Å². The molecule has 0 aromatic heterocycles. The third kappa shape index (κ3) is 5.36. The predicted octanol–water partition coefficient (Wildman–Crippen LogP) is 5.81. The number of amidine groups is 2. The first-order valence-corrected chi connectivity index (χ1v) is 11.0. The molecule has 7 nitrogen and oxygen atoms in total. The molecule has 4 rings (SSSR count). The van der Waals surface area contributed by atoms with Crippen molar-refractivity contribution in [2.24, 2.45) is 20.3 Å². The fourth-order valence-electron chi connectivity index (χ4n) is 3.24. The summed E-state index contributed by atoms with van der Waals surface area (Å²) in [5.74, 6) is 0.418. The van der Waals surface area contributed by atoms with Gasteiger partial charge in [0, 0.05) is 5.56 Å². The van der Waals surface area contributed by atoms with Gasteiger partial charge in [-0.1, -0.05) is 78.9 Å². The number of aliphatic imine (C=N–C) groups is 1. The van der Waals surface area contributed by atoms with Gasteiger partial charge in [-0.15, -0.1) is 10.2 Å². The van der Waals surface area contributed by atoms with Crippen molar-refractivity contribution in [3.63, 3.8) is 0 Å². The number of anilines is 1. The van der Waals surface area contributed by atoms with Crippen LogP contribution in [0.4, 0.5) is 5.69 Å². The standard InChI is InChI=1S/C26H22N6OS/c1-18-11-9-10-16-22(18)28-29-24(21-14-7-4-8-15-21)30-31-26(34)32-19(2)27-23(25(32)33)17-20-12-5-3-6-13-20/h3-17,28H,1-2H3/b23-17+,29-24+,31-30?. The predicted molar refractivity (Wildman–Crippen MR) is 140 cm³/mol. The third-order valence-electron chi connectivity index (χ3n) is 5.01. The van der Waals surface area contributed by atoms with E-state index in [9.17, 15) is 4.79 Å². The highest BCUT2D eigenvalue weighted by Gasteiger charge is 2.31. The molecule has 0 saturated carbocycles. The molecule has 1 N–H and O–H groups in total.